The molecule has 7 heteroatoms. The van der Waals surface area contributed by atoms with Crippen molar-refractivity contribution < 1.29 is 4.79 Å². The Morgan fingerprint density at radius 1 is 1.59 bits per heavy atom. The third-order valence-electron chi connectivity index (χ3n) is 2.51. The molecule has 0 aliphatic carbocycles. The number of nitrogens with zero attached hydrogens (tertiary/aromatic N) is 2. The maximum atomic E-state index is 11.8. The number of hydrogen-bond donors (Lipinski definition) is 2. The topological polar surface area (TPSA) is 66.9 Å². The molecule has 1 amide bonds. The van der Waals surface area contributed by atoms with Crippen molar-refractivity contribution in [3.05, 3.63) is 23.2 Å². The Balaban J connectivity index is 0.00000144. The average Bonchev–Trinajstić information content (AvgIpc) is 2.31. The van der Waals surface area contributed by atoms with Crippen LogP contribution in [0, 0.1) is 0 Å². The molecule has 1 fully saturated rings. The zero-order chi connectivity index (χ0) is 11.4. The minimum absolute atomic E-state index is 0. The van der Waals surface area contributed by atoms with Crippen LogP contribution in [0.5, 0.6) is 0 Å². The molecule has 1 aliphatic heterocycles. The summed E-state index contributed by atoms with van der Waals surface area (Å²) >= 11 is 5.84. The minimum Gasteiger partial charge on any atom is -0.347 e. The predicted molar refractivity (Wildman–Crippen MR) is 67.6 cm³/mol. The molecule has 0 radical (unpaired) electrons. The van der Waals surface area contributed by atoms with Gasteiger partial charge in [0.1, 0.15) is 12.0 Å². The molecule has 0 saturated carbocycles. The summed E-state index contributed by atoms with van der Waals surface area (Å²) in [5.74, 6) is -0.235. The van der Waals surface area contributed by atoms with Gasteiger partial charge in [0.25, 0.3) is 5.91 Å². The van der Waals surface area contributed by atoms with Gasteiger partial charge >= 0.3 is 0 Å². The van der Waals surface area contributed by atoms with E-state index in [0.717, 1.165) is 25.9 Å². The molecule has 1 atom stereocenters. The summed E-state index contributed by atoms with van der Waals surface area (Å²) < 4.78 is 0. The molecule has 2 heterocycles. The van der Waals surface area contributed by atoms with E-state index in [-0.39, 0.29) is 35.1 Å². The van der Waals surface area contributed by atoms with Gasteiger partial charge in [0.15, 0.2) is 0 Å². The summed E-state index contributed by atoms with van der Waals surface area (Å²) in [5, 5.41) is 6.41. The van der Waals surface area contributed by atoms with Gasteiger partial charge in [-0.2, -0.15) is 0 Å². The van der Waals surface area contributed by atoms with Crippen molar-refractivity contribution in [2.24, 2.45) is 0 Å². The number of piperidine rings is 1. The van der Waals surface area contributed by atoms with Gasteiger partial charge in [0.05, 0.1) is 5.02 Å². The molecule has 2 rings (SSSR count). The van der Waals surface area contributed by atoms with Crippen LogP contribution in [-0.2, 0) is 0 Å². The number of carbonyl (C=O) groups excluding carboxylic acids is 1. The molecular formula is C10H14Cl2N4O. The summed E-state index contributed by atoms with van der Waals surface area (Å²) in [6.07, 6.45) is 4.80. The Hall–Kier alpha value is -0.910. The molecule has 2 N–H and O–H groups in total. The molecule has 5 nitrogen and oxygen atoms in total. The number of nitrogens with one attached hydrogen (secondary N) is 2. The van der Waals surface area contributed by atoms with E-state index in [1.165, 1.54) is 12.5 Å². The van der Waals surface area contributed by atoms with Crippen molar-refractivity contribution in [3.8, 4) is 0 Å². The number of rotatable bonds is 2. The van der Waals surface area contributed by atoms with Crippen molar-refractivity contribution in [3.63, 3.8) is 0 Å². The van der Waals surface area contributed by atoms with Gasteiger partial charge in [-0.1, -0.05) is 11.6 Å². The largest absolute Gasteiger partial charge is 0.347 e. The van der Waals surface area contributed by atoms with Gasteiger partial charge in [-0.05, 0) is 19.4 Å². The van der Waals surface area contributed by atoms with E-state index in [9.17, 15) is 4.79 Å². The molecule has 0 spiro atoms. The fourth-order valence-electron chi connectivity index (χ4n) is 1.71. The minimum atomic E-state index is -0.235. The Labute approximate surface area is 111 Å². The second-order valence-electron chi connectivity index (χ2n) is 3.74. The highest BCUT2D eigenvalue weighted by atomic mass is 35.5. The first kappa shape index (κ1) is 14.2. The maximum Gasteiger partial charge on any atom is 0.271 e. The molecule has 1 aliphatic rings. The van der Waals surface area contributed by atoms with E-state index in [4.69, 9.17) is 11.6 Å². The van der Waals surface area contributed by atoms with E-state index in [2.05, 4.69) is 20.6 Å². The number of halogens is 2. The molecule has 17 heavy (non-hydrogen) atoms. The molecular weight excluding hydrogens is 263 g/mol. The number of carbonyl (C=O) groups is 1. The number of amides is 1. The van der Waals surface area contributed by atoms with Crippen molar-refractivity contribution in [2.45, 2.75) is 18.9 Å². The van der Waals surface area contributed by atoms with Crippen LogP contribution in [0.3, 0.4) is 0 Å². The highest BCUT2D eigenvalue weighted by Crippen LogP contribution is 2.11. The van der Waals surface area contributed by atoms with Crippen LogP contribution in [0.15, 0.2) is 12.5 Å². The van der Waals surface area contributed by atoms with Gasteiger partial charge in [-0.3, -0.25) is 4.79 Å². The van der Waals surface area contributed by atoms with Crippen molar-refractivity contribution in [2.75, 3.05) is 13.1 Å². The van der Waals surface area contributed by atoms with E-state index >= 15 is 0 Å². The molecule has 0 aromatic carbocycles. The standard InChI is InChI=1S/C10H13ClN4O.ClH/c11-8-5-13-6-14-9(8)10(16)15-7-2-1-3-12-4-7;/h5-7,12H,1-4H2,(H,15,16);1H/t7-;/m0./s1. The average molecular weight is 277 g/mol. The third-order valence-corrected chi connectivity index (χ3v) is 2.79. The van der Waals surface area contributed by atoms with E-state index in [1.54, 1.807) is 0 Å². The van der Waals surface area contributed by atoms with Crippen LogP contribution < -0.4 is 10.6 Å². The van der Waals surface area contributed by atoms with E-state index in [1.807, 2.05) is 0 Å². The summed E-state index contributed by atoms with van der Waals surface area (Å²) in [6, 6.07) is 0.160. The Bertz CT molecular complexity index is 382. The summed E-state index contributed by atoms with van der Waals surface area (Å²) in [5.41, 5.74) is 0.238. The van der Waals surface area contributed by atoms with Gasteiger partial charge in [0, 0.05) is 18.8 Å². The number of aromatic nitrogens is 2. The molecule has 0 unspecified atom stereocenters. The second kappa shape index (κ2) is 6.74. The molecule has 94 valence electrons. The zero-order valence-corrected chi connectivity index (χ0v) is 10.7. The van der Waals surface area contributed by atoms with Gasteiger partial charge < -0.3 is 10.6 Å². The Morgan fingerprint density at radius 3 is 3.06 bits per heavy atom. The van der Waals surface area contributed by atoms with Crippen LogP contribution in [0.1, 0.15) is 23.3 Å². The predicted octanol–water partition coefficient (Wildman–Crippen LogP) is 1.03. The van der Waals surface area contributed by atoms with Crippen molar-refractivity contribution >= 4 is 29.9 Å². The fraction of sp³-hybridized carbons (Fsp3) is 0.500. The summed E-state index contributed by atoms with van der Waals surface area (Å²) in [7, 11) is 0. The van der Waals surface area contributed by atoms with Crippen molar-refractivity contribution in [1.29, 1.82) is 0 Å². The van der Waals surface area contributed by atoms with Gasteiger partial charge in [-0.25, -0.2) is 9.97 Å². The molecule has 1 saturated heterocycles. The smallest absolute Gasteiger partial charge is 0.271 e. The second-order valence-corrected chi connectivity index (χ2v) is 4.14. The molecule has 1 aromatic heterocycles. The Morgan fingerprint density at radius 2 is 2.41 bits per heavy atom. The van der Waals surface area contributed by atoms with E-state index in [0.29, 0.717) is 0 Å². The highest BCUT2D eigenvalue weighted by molar-refractivity contribution is 6.33. The maximum absolute atomic E-state index is 11.8. The first-order chi connectivity index (χ1) is 7.77. The lowest BCUT2D eigenvalue weighted by molar-refractivity contribution is 0.0925. The monoisotopic (exact) mass is 276 g/mol. The first-order valence-corrected chi connectivity index (χ1v) is 5.62. The third kappa shape index (κ3) is 3.80. The zero-order valence-electron chi connectivity index (χ0n) is 9.15. The summed E-state index contributed by atoms with van der Waals surface area (Å²) in [4.78, 5) is 19.4. The lowest BCUT2D eigenvalue weighted by Crippen LogP contribution is -2.45. The normalized spacial score (nSPS) is 19.2. The lowest BCUT2D eigenvalue weighted by atomic mass is 10.1. The van der Waals surface area contributed by atoms with Crippen LogP contribution in [-0.4, -0.2) is 35.0 Å². The van der Waals surface area contributed by atoms with Crippen LogP contribution in [0.25, 0.3) is 0 Å². The fourth-order valence-corrected chi connectivity index (χ4v) is 1.90. The quantitative estimate of drug-likeness (QED) is 0.847. The van der Waals surface area contributed by atoms with Gasteiger partial charge in [-0.15, -0.1) is 12.4 Å². The first-order valence-electron chi connectivity index (χ1n) is 5.24. The van der Waals surface area contributed by atoms with Crippen LogP contribution in [0.4, 0.5) is 0 Å². The SMILES string of the molecule is Cl.O=C(N[C@H]1CCCNC1)c1ncncc1Cl. The summed E-state index contributed by atoms with van der Waals surface area (Å²) in [6.45, 7) is 1.81. The molecule has 1 aromatic rings. The lowest BCUT2D eigenvalue weighted by Gasteiger charge is -2.23. The highest BCUT2D eigenvalue weighted by Gasteiger charge is 2.18. The van der Waals surface area contributed by atoms with Crippen molar-refractivity contribution in [1.82, 2.24) is 20.6 Å². The van der Waals surface area contributed by atoms with Gasteiger partial charge in [0.2, 0.25) is 0 Å². The Kier molecular flexibility index (Phi) is 5.61. The molecule has 0 bridgehead atoms. The van der Waals surface area contributed by atoms with Crippen LogP contribution in [0.2, 0.25) is 5.02 Å². The van der Waals surface area contributed by atoms with Crippen LogP contribution >= 0.6 is 24.0 Å². The number of hydrogen-bond acceptors (Lipinski definition) is 4. The van der Waals surface area contributed by atoms with E-state index < -0.39 is 0 Å².